The van der Waals surface area contributed by atoms with Crippen LogP contribution < -0.4 is 0 Å². The molecule has 0 aliphatic rings. The molecule has 0 radical (unpaired) electrons. The molecule has 0 amide bonds. The molecule has 0 saturated carbocycles. The minimum Gasteiger partial charge on any atom is -0.225 e. The molecule has 1 aromatic rings. The highest BCUT2D eigenvalue weighted by Crippen LogP contribution is 1.96. The van der Waals surface area contributed by atoms with Gasteiger partial charge in [0.1, 0.15) is 0 Å². The standard InChI is InChI=1S/C7H8FN/c1-2-6-4-3-5-7(8)9-6/h3-5H,2H2,1H3/i3D,4D,5D. The van der Waals surface area contributed by atoms with Crippen LogP contribution in [0.4, 0.5) is 4.39 Å². The molecule has 9 heavy (non-hydrogen) atoms. The molecule has 1 heterocycles. The third kappa shape index (κ3) is 1.49. The summed E-state index contributed by atoms with van der Waals surface area (Å²) in [6.45, 7) is 1.73. The topological polar surface area (TPSA) is 12.9 Å². The molecule has 0 bridgehead atoms. The summed E-state index contributed by atoms with van der Waals surface area (Å²) in [4.78, 5) is 3.39. The smallest absolute Gasteiger partial charge is 0.213 e. The van der Waals surface area contributed by atoms with Crippen LogP contribution >= 0.6 is 0 Å². The van der Waals surface area contributed by atoms with Crippen LogP contribution in [0.15, 0.2) is 18.1 Å². The first-order valence-corrected chi connectivity index (χ1v) is 2.70. The summed E-state index contributed by atoms with van der Waals surface area (Å²) < 4.78 is 34.2. The van der Waals surface area contributed by atoms with Gasteiger partial charge in [0, 0.05) is 5.69 Å². The number of hydrogen-bond acceptors (Lipinski definition) is 1. The molecule has 2 heteroatoms. The highest BCUT2D eigenvalue weighted by Gasteiger charge is 1.90. The minimum absolute atomic E-state index is 0.149. The molecule has 1 aromatic heterocycles. The Morgan fingerprint density at radius 2 is 2.56 bits per heavy atom. The highest BCUT2D eigenvalue weighted by atomic mass is 19.1. The lowest BCUT2D eigenvalue weighted by Crippen LogP contribution is -1.87. The molecular weight excluding hydrogens is 117 g/mol. The van der Waals surface area contributed by atoms with E-state index < -0.39 is 12.0 Å². The summed E-state index contributed by atoms with van der Waals surface area (Å²) >= 11 is 0. The Hall–Kier alpha value is -0.920. The third-order valence-corrected chi connectivity index (χ3v) is 0.940. The molecule has 0 N–H and O–H groups in total. The summed E-state index contributed by atoms with van der Waals surface area (Å²) in [6.07, 6.45) is 0.405. The lowest BCUT2D eigenvalue weighted by atomic mass is 10.3. The van der Waals surface area contributed by atoms with Gasteiger partial charge in [0.25, 0.3) is 0 Å². The van der Waals surface area contributed by atoms with Crippen molar-refractivity contribution in [3.63, 3.8) is 0 Å². The molecule has 0 fully saturated rings. The summed E-state index contributed by atoms with van der Waals surface area (Å²) in [7, 11) is 0. The Kier molecular flexibility index (Phi) is 0.944. The van der Waals surface area contributed by atoms with Crippen LogP contribution in [0, 0.1) is 5.95 Å². The number of pyridine rings is 1. The Bertz CT molecular complexity index is 314. The SMILES string of the molecule is [2H]c1c(F)nc(CC)c([2H])c1[2H]. The van der Waals surface area contributed by atoms with E-state index in [0.29, 0.717) is 6.42 Å². The quantitative estimate of drug-likeness (QED) is 0.525. The number of halogens is 1. The van der Waals surface area contributed by atoms with Crippen molar-refractivity contribution < 1.29 is 8.50 Å². The molecule has 1 rings (SSSR count). The largest absolute Gasteiger partial charge is 0.225 e. The Labute approximate surface area is 57.8 Å². The first-order chi connectivity index (χ1) is 5.57. The average molecular weight is 128 g/mol. The van der Waals surface area contributed by atoms with Gasteiger partial charge in [-0.15, -0.1) is 0 Å². The van der Waals surface area contributed by atoms with E-state index in [0.717, 1.165) is 0 Å². The first kappa shape index (κ1) is 3.30. The second-order valence-electron chi connectivity index (χ2n) is 1.58. The van der Waals surface area contributed by atoms with E-state index in [9.17, 15) is 4.39 Å². The second kappa shape index (κ2) is 2.58. The average Bonchev–Trinajstić information content (AvgIpc) is 2.08. The number of nitrogens with zero attached hydrogens (tertiary/aromatic N) is 1. The summed E-state index contributed by atoms with van der Waals surface area (Å²) in [5, 5.41) is 0. The monoisotopic (exact) mass is 128 g/mol. The molecule has 0 aliphatic heterocycles. The minimum atomic E-state index is -0.965. The first-order valence-electron chi connectivity index (χ1n) is 4.20. The zero-order chi connectivity index (χ0) is 9.30. The van der Waals surface area contributed by atoms with Gasteiger partial charge in [-0.25, -0.2) is 4.98 Å². The summed E-state index contributed by atoms with van der Waals surface area (Å²) in [5.41, 5.74) is 0.230. The van der Waals surface area contributed by atoms with Crippen molar-refractivity contribution >= 4 is 0 Å². The molecule has 0 aliphatic carbocycles. The maximum Gasteiger partial charge on any atom is 0.213 e. The fourth-order valence-electron chi connectivity index (χ4n) is 0.497. The zero-order valence-electron chi connectivity index (χ0n) is 8.03. The molecule has 0 saturated heterocycles. The van der Waals surface area contributed by atoms with Crippen LogP contribution in [0.3, 0.4) is 0 Å². The van der Waals surface area contributed by atoms with Gasteiger partial charge >= 0.3 is 0 Å². The lowest BCUT2D eigenvalue weighted by molar-refractivity contribution is 0.577. The Balaban J connectivity index is 3.39. The third-order valence-electron chi connectivity index (χ3n) is 0.940. The van der Waals surface area contributed by atoms with Crippen molar-refractivity contribution in [1.29, 1.82) is 0 Å². The van der Waals surface area contributed by atoms with Gasteiger partial charge in [0.2, 0.25) is 5.95 Å². The van der Waals surface area contributed by atoms with Crippen molar-refractivity contribution in [3.05, 3.63) is 29.8 Å². The highest BCUT2D eigenvalue weighted by molar-refractivity contribution is 5.03. The van der Waals surface area contributed by atoms with Gasteiger partial charge in [-0.05, 0) is 18.5 Å². The van der Waals surface area contributed by atoms with Crippen molar-refractivity contribution in [2.45, 2.75) is 13.3 Å². The van der Waals surface area contributed by atoms with E-state index in [1.165, 1.54) is 0 Å². The molecule has 48 valence electrons. The van der Waals surface area contributed by atoms with E-state index in [2.05, 4.69) is 4.98 Å². The van der Waals surface area contributed by atoms with E-state index in [-0.39, 0.29) is 17.8 Å². The molecule has 0 spiro atoms. The van der Waals surface area contributed by atoms with Crippen LogP contribution in [-0.4, -0.2) is 4.98 Å². The predicted octanol–water partition coefficient (Wildman–Crippen LogP) is 1.78. The van der Waals surface area contributed by atoms with E-state index in [1.807, 2.05) is 0 Å². The van der Waals surface area contributed by atoms with Crippen LogP contribution in [0.2, 0.25) is 0 Å². The van der Waals surface area contributed by atoms with Crippen molar-refractivity contribution in [2.24, 2.45) is 0 Å². The molecule has 0 aromatic carbocycles. The number of aryl methyl sites for hydroxylation is 1. The van der Waals surface area contributed by atoms with Gasteiger partial charge < -0.3 is 0 Å². The fraction of sp³-hybridized carbons (Fsp3) is 0.286. The van der Waals surface area contributed by atoms with Crippen LogP contribution in [0.1, 0.15) is 16.7 Å². The van der Waals surface area contributed by atoms with Crippen LogP contribution in [-0.2, 0) is 6.42 Å². The van der Waals surface area contributed by atoms with E-state index in [1.54, 1.807) is 6.92 Å². The van der Waals surface area contributed by atoms with Crippen LogP contribution in [0.5, 0.6) is 0 Å². The fourth-order valence-corrected chi connectivity index (χ4v) is 0.497. The molecular formula is C7H8FN. The molecule has 0 atom stereocenters. The molecule has 1 nitrogen and oxygen atoms in total. The zero-order valence-corrected chi connectivity index (χ0v) is 5.03. The number of hydrogen-bond donors (Lipinski definition) is 0. The lowest BCUT2D eigenvalue weighted by Gasteiger charge is -1.91. The van der Waals surface area contributed by atoms with E-state index >= 15 is 0 Å². The van der Waals surface area contributed by atoms with Gasteiger partial charge in [0.15, 0.2) is 0 Å². The predicted molar refractivity (Wildman–Crippen MR) is 33.6 cm³/mol. The number of rotatable bonds is 1. The second-order valence-corrected chi connectivity index (χ2v) is 1.58. The number of aromatic nitrogens is 1. The van der Waals surface area contributed by atoms with Gasteiger partial charge in [-0.3, -0.25) is 0 Å². The van der Waals surface area contributed by atoms with Gasteiger partial charge in [0.05, 0.1) is 4.11 Å². The summed E-state index contributed by atoms with van der Waals surface area (Å²) in [6, 6.07) is -1.14. The van der Waals surface area contributed by atoms with Crippen molar-refractivity contribution in [1.82, 2.24) is 4.98 Å². The van der Waals surface area contributed by atoms with Crippen molar-refractivity contribution in [3.8, 4) is 0 Å². The van der Waals surface area contributed by atoms with Gasteiger partial charge in [-0.2, -0.15) is 4.39 Å². The van der Waals surface area contributed by atoms with Gasteiger partial charge in [-0.1, -0.05) is 13.0 Å². The maximum atomic E-state index is 12.7. The van der Waals surface area contributed by atoms with Crippen LogP contribution in [0.25, 0.3) is 0 Å². The Morgan fingerprint density at radius 1 is 1.78 bits per heavy atom. The molecule has 0 unspecified atom stereocenters. The Morgan fingerprint density at radius 3 is 3.22 bits per heavy atom. The maximum absolute atomic E-state index is 12.7. The van der Waals surface area contributed by atoms with Crippen molar-refractivity contribution in [2.75, 3.05) is 0 Å². The van der Waals surface area contributed by atoms with E-state index in [4.69, 9.17) is 4.11 Å². The summed E-state index contributed by atoms with van der Waals surface area (Å²) in [5.74, 6) is -0.965. The normalized spacial score (nSPS) is 14.2.